The molecule has 1 heteroatoms. The Kier molecular flexibility index (Phi) is 5.54. The fourth-order valence-electron chi connectivity index (χ4n) is 2.70. The lowest BCUT2D eigenvalue weighted by atomic mass is 9.92. The van der Waals surface area contributed by atoms with E-state index in [9.17, 15) is 0 Å². The van der Waals surface area contributed by atoms with Crippen LogP contribution in [-0.4, -0.2) is 6.04 Å². The van der Waals surface area contributed by atoms with Gasteiger partial charge >= 0.3 is 0 Å². The van der Waals surface area contributed by atoms with E-state index < -0.39 is 0 Å². The number of nitrogens with two attached hydrogens (primary N) is 1. The number of hydrogen-bond acceptors (Lipinski definition) is 1. The Morgan fingerprint density at radius 2 is 2.00 bits per heavy atom. The first kappa shape index (κ1) is 12.0. The highest BCUT2D eigenvalue weighted by Gasteiger charge is 2.22. The third-order valence-corrected chi connectivity index (χ3v) is 3.77. The summed E-state index contributed by atoms with van der Waals surface area (Å²) in [7, 11) is 0. The summed E-state index contributed by atoms with van der Waals surface area (Å²) >= 11 is 0. The lowest BCUT2D eigenvalue weighted by Crippen LogP contribution is -2.14. The summed E-state index contributed by atoms with van der Waals surface area (Å²) in [5.74, 6) is 2.05. The molecule has 0 aromatic carbocycles. The van der Waals surface area contributed by atoms with Crippen molar-refractivity contribution in [3.8, 4) is 0 Å². The number of hydrogen-bond donors (Lipinski definition) is 1. The van der Waals surface area contributed by atoms with Gasteiger partial charge in [-0.25, -0.2) is 0 Å². The summed E-state index contributed by atoms with van der Waals surface area (Å²) in [6.07, 6.45) is 11.3. The maximum Gasteiger partial charge on any atom is 0.00104 e. The third-order valence-electron chi connectivity index (χ3n) is 3.77. The molecule has 0 radical (unpaired) electrons. The van der Waals surface area contributed by atoms with E-state index in [1.807, 2.05) is 0 Å². The van der Waals surface area contributed by atoms with E-state index in [0.717, 1.165) is 11.8 Å². The monoisotopic (exact) mass is 197 g/mol. The quantitative estimate of drug-likeness (QED) is 0.645. The molecule has 3 unspecified atom stereocenters. The van der Waals surface area contributed by atoms with Gasteiger partial charge < -0.3 is 5.73 Å². The highest BCUT2D eigenvalue weighted by Crippen LogP contribution is 2.34. The minimum atomic E-state index is 0.403. The Balaban J connectivity index is 1.93. The highest BCUT2D eigenvalue weighted by molar-refractivity contribution is 4.73. The molecular weight excluding hydrogens is 170 g/mol. The van der Waals surface area contributed by atoms with Crippen molar-refractivity contribution in [3.05, 3.63) is 0 Å². The zero-order valence-electron chi connectivity index (χ0n) is 9.97. The molecule has 3 atom stereocenters. The molecule has 0 amide bonds. The van der Waals surface area contributed by atoms with Crippen molar-refractivity contribution in [3.63, 3.8) is 0 Å². The van der Waals surface area contributed by atoms with Gasteiger partial charge in [-0.3, -0.25) is 0 Å². The minimum Gasteiger partial charge on any atom is -0.328 e. The Hall–Kier alpha value is -0.0400. The van der Waals surface area contributed by atoms with Crippen LogP contribution >= 0.6 is 0 Å². The van der Waals surface area contributed by atoms with E-state index >= 15 is 0 Å². The van der Waals surface area contributed by atoms with Gasteiger partial charge in [0.05, 0.1) is 0 Å². The fourth-order valence-corrected chi connectivity index (χ4v) is 2.70. The molecule has 1 aliphatic carbocycles. The van der Waals surface area contributed by atoms with Crippen molar-refractivity contribution < 1.29 is 0 Å². The van der Waals surface area contributed by atoms with Gasteiger partial charge in [0.15, 0.2) is 0 Å². The van der Waals surface area contributed by atoms with Gasteiger partial charge in [-0.1, -0.05) is 51.9 Å². The van der Waals surface area contributed by atoms with Crippen LogP contribution in [0.15, 0.2) is 0 Å². The minimum absolute atomic E-state index is 0.403. The van der Waals surface area contributed by atoms with Crippen molar-refractivity contribution in [2.24, 2.45) is 17.6 Å². The first-order valence-corrected chi connectivity index (χ1v) is 6.45. The van der Waals surface area contributed by atoms with Gasteiger partial charge in [0.2, 0.25) is 0 Å². The Morgan fingerprint density at radius 3 is 2.57 bits per heavy atom. The van der Waals surface area contributed by atoms with E-state index in [1.54, 1.807) is 0 Å². The fraction of sp³-hybridized carbons (Fsp3) is 1.00. The summed E-state index contributed by atoms with van der Waals surface area (Å²) in [4.78, 5) is 0. The molecule has 1 fully saturated rings. The first-order chi connectivity index (χ1) is 6.70. The summed E-state index contributed by atoms with van der Waals surface area (Å²) in [6, 6.07) is 0.403. The molecule has 1 nitrogen and oxygen atoms in total. The molecule has 0 aromatic rings. The van der Waals surface area contributed by atoms with E-state index in [4.69, 9.17) is 5.73 Å². The molecule has 1 aliphatic rings. The van der Waals surface area contributed by atoms with Crippen molar-refractivity contribution in [1.29, 1.82) is 0 Å². The van der Waals surface area contributed by atoms with Crippen LogP contribution in [0.2, 0.25) is 0 Å². The molecule has 0 saturated heterocycles. The third kappa shape index (κ3) is 4.45. The molecule has 1 rings (SSSR count). The van der Waals surface area contributed by atoms with Gasteiger partial charge in [-0.2, -0.15) is 0 Å². The molecule has 84 valence electrons. The van der Waals surface area contributed by atoms with E-state index in [1.165, 1.54) is 51.4 Å². The Morgan fingerprint density at radius 1 is 1.21 bits per heavy atom. The maximum atomic E-state index is 5.72. The predicted molar refractivity (Wildman–Crippen MR) is 63.2 cm³/mol. The summed E-state index contributed by atoms with van der Waals surface area (Å²) in [5, 5.41) is 0. The van der Waals surface area contributed by atoms with Crippen LogP contribution in [-0.2, 0) is 0 Å². The first-order valence-electron chi connectivity index (χ1n) is 6.45. The SMILES string of the molecule is CC(N)CCCCCC1CCCC1C. The summed E-state index contributed by atoms with van der Waals surface area (Å²) in [6.45, 7) is 4.54. The standard InChI is InChI=1S/C13H27N/c1-11-7-6-10-13(11)9-5-3-4-8-12(2)14/h11-13H,3-10,14H2,1-2H3. The van der Waals surface area contributed by atoms with Crippen LogP contribution in [0.5, 0.6) is 0 Å². The molecular formula is C13H27N. The Bertz CT molecular complexity index is 142. The Labute approximate surface area is 89.5 Å². The smallest absolute Gasteiger partial charge is 0.00104 e. The van der Waals surface area contributed by atoms with Crippen LogP contribution in [0.25, 0.3) is 0 Å². The second kappa shape index (κ2) is 6.44. The van der Waals surface area contributed by atoms with Crippen LogP contribution in [0.1, 0.15) is 65.2 Å². The average Bonchev–Trinajstić information content (AvgIpc) is 2.51. The van der Waals surface area contributed by atoms with Gasteiger partial charge in [0.1, 0.15) is 0 Å². The molecule has 0 spiro atoms. The molecule has 1 saturated carbocycles. The van der Waals surface area contributed by atoms with Crippen molar-refractivity contribution in [2.45, 2.75) is 71.3 Å². The van der Waals surface area contributed by atoms with Crippen LogP contribution in [0.4, 0.5) is 0 Å². The largest absolute Gasteiger partial charge is 0.328 e. The van der Waals surface area contributed by atoms with E-state index in [-0.39, 0.29) is 0 Å². The van der Waals surface area contributed by atoms with Crippen molar-refractivity contribution in [2.75, 3.05) is 0 Å². The lowest BCUT2D eigenvalue weighted by molar-refractivity contribution is 0.373. The van der Waals surface area contributed by atoms with Crippen LogP contribution < -0.4 is 5.73 Å². The zero-order valence-corrected chi connectivity index (χ0v) is 9.97. The van der Waals surface area contributed by atoms with Gasteiger partial charge in [0, 0.05) is 6.04 Å². The van der Waals surface area contributed by atoms with E-state index in [0.29, 0.717) is 6.04 Å². The summed E-state index contributed by atoms with van der Waals surface area (Å²) < 4.78 is 0. The average molecular weight is 197 g/mol. The zero-order chi connectivity index (χ0) is 10.4. The van der Waals surface area contributed by atoms with Gasteiger partial charge in [-0.05, 0) is 25.2 Å². The van der Waals surface area contributed by atoms with E-state index in [2.05, 4.69) is 13.8 Å². The molecule has 0 aliphatic heterocycles. The summed E-state index contributed by atoms with van der Waals surface area (Å²) in [5.41, 5.74) is 5.72. The molecule has 0 heterocycles. The number of rotatable bonds is 6. The number of unbranched alkanes of at least 4 members (excludes halogenated alkanes) is 2. The van der Waals surface area contributed by atoms with Gasteiger partial charge in [0.25, 0.3) is 0 Å². The molecule has 14 heavy (non-hydrogen) atoms. The van der Waals surface area contributed by atoms with Gasteiger partial charge in [-0.15, -0.1) is 0 Å². The maximum absolute atomic E-state index is 5.72. The molecule has 2 N–H and O–H groups in total. The van der Waals surface area contributed by atoms with Crippen LogP contribution in [0, 0.1) is 11.8 Å². The highest BCUT2D eigenvalue weighted by atomic mass is 14.6. The molecule has 0 bridgehead atoms. The topological polar surface area (TPSA) is 26.0 Å². The van der Waals surface area contributed by atoms with Crippen molar-refractivity contribution in [1.82, 2.24) is 0 Å². The predicted octanol–water partition coefficient (Wildman–Crippen LogP) is 3.72. The second-order valence-corrected chi connectivity index (χ2v) is 5.28. The second-order valence-electron chi connectivity index (χ2n) is 5.28. The molecule has 0 aromatic heterocycles. The lowest BCUT2D eigenvalue weighted by Gasteiger charge is -2.14. The van der Waals surface area contributed by atoms with Crippen molar-refractivity contribution >= 4 is 0 Å². The van der Waals surface area contributed by atoms with Crippen LogP contribution in [0.3, 0.4) is 0 Å². The normalized spacial score (nSPS) is 29.4.